The van der Waals surface area contributed by atoms with Crippen LogP contribution in [0, 0.1) is 16.7 Å². The van der Waals surface area contributed by atoms with Crippen LogP contribution in [-0.2, 0) is 0 Å². The average Bonchev–Trinajstić information content (AvgIpc) is 2.32. The van der Waals surface area contributed by atoms with Crippen LogP contribution >= 0.6 is 0 Å². The van der Waals surface area contributed by atoms with Crippen molar-refractivity contribution in [2.24, 2.45) is 21.7 Å². The minimum atomic E-state index is 0.347. The average molecular weight is 233 g/mol. The molecule has 0 aromatic carbocycles. The smallest absolute Gasteiger partial charge is 0.0393 e. The van der Waals surface area contributed by atoms with Crippen molar-refractivity contribution in [1.82, 2.24) is 0 Å². The van der Waals surface area contributed by atoms with E-state index in [1.165, 1.54) is 31.4 Å². The fourth-order valence-corrected chi connectivity index (χ4v) is 3.83. The first-order chi connectivity index (χ1) is 7.86. The number of hydrogen-bond donors (Lipinski definition) is 0. The summed E-state index contributed by atoms with van der Waals surface area (Å²) in [5.41, 5.74) is 3.77. The number of rotatable bonds is 0. The van der Waals surface area contributed by atoms with Crippen molar-refractivity contribution in [3.8, 4) is 0 Å². The fourth-order valence-electron chi connectivity index (χ4n) is 3.83. The molecule has 2 aliphatic rings. The van der Waals surface area contributed by atoms with Crippen molar-refractivity contribution in [2.45, 2.75) is 60.3 Å². The van der Waals surface area contributed by atoms with E-state index in [1.54, 1.807) is 5.57 Å². The molecule has 1 aliphatic heterocycles. The summed E-state index contributed by atoms with van der Waals surface area (Å²) >= 11 is 0. The molecule has 1 spiro atoms. The Morgan fingerprint density at radius 3 is 2.59 bits per heavy atom. The van der Waals surface area contributed by atoms with E-state index in [1.807, 2.05) is 0 Å². The van der Waals surface area contributed by atoms with Gasteiger partial charge in [-0.05, 0) is 50.9 Å². The van der Waals surface area contributed by atoms with E-state index >= 15 is 0 Å². The molecule has 0 N–H and O–H groups in total. The van der Waals surface area contributed by atoms with E-state index in [4.69, 9.17) is 4.99 Å². The van der Waals surface area contributed by atoms with E-state index in [9.17, 15) is 0 Å². The highest BCUT2D eigenvalue weighted by Gasteiger charge is 2.44. The summed E-state index contributed by atoms with van der Waals surface area (Å²) in [5.74, 6) is 0.650. The lowest BCUT2D eigenvalue weighted by molar-refractivity contribution is 0.165. The third kappa shape index (κ3) is 2.34. The van der Waals surface area contributed by atoms with Crippen molar-refractivity contribution in [1.29, 1.82) is 0 Å². The van der Waals surface area contributed by atoms with Crippen molar-refractivity contribution in [3.05, 3.63) is 11.6 Å². The summed E-state index contributed by atoms with van der Waals surface area (Å²) in [4.78, 5) is 4.86. The van der Waals surface area contributed by atoms with Crippen molar-refractivity contribution < 1.29 is 0 Å². The minimum absolute atomic E-state index is 0.347. The Balaban J connectivity index is 2.39. The Hall–Kier alpha value is -0.590. The standard InChI is InChI=1S/C16H27N/c1-12-6-7-16(13(2)10-12)11-15(4,5)8-9-17-14(16)3/h10,13H,6-9,11H2,1-5H3/t13-,16-/m1/s1. The van der Waals surface area contributed by atoms with Crippen LogP contribution in [-0.4, -0.2) is 12.3 Å². The molecule has 0 unspecified atom stereocenters. The van der Waals surface area contributed by atoms with Crippen molar-refractivity contribution in [3.63, 3.8) is 0 Å². The maximum absolute atomic E-state index is 4.86. The molecule has 2 atom stereocenters. The lowest BCUT2D eigenvalue weighted by atomic mass is 9.59. The second-order valence-corrected chi connectivity index (χ2v) is 7.02. The van der Waals surface area contributed by atoms with Gasteiger partial charge in [0, 0.05) is 17.7 Å². The third-order valence-corrected chi connectivity index (χ3v) is 5.02. The summed E-state index contributed by atoms with van der Waals surface area (Å²) in [7, 11) is 0. The topological polar surface area (TPSA) is 12.4 Å². The Bertz CT molecular complexity index is 362. The molecule has 17 heavy (non-hydrogen) atoms. The Morgan fingerprint density at radius 2 is 1.94 bits per heavy atom. The van der Waals surface area contributed by atoms with Gasteiger partial charge in [-0.2, -0.15) is 0 Å². The number of nitrogens with zero attached hydrogens (tertiary/aromatic N) is 1. The van der Waals surface area contributed by atoms with Gasteiger partial charge in [0.05, 0.1) is 0 Å². The maximum atomic E-state index is 4.86. The highest BCUT2D eigenvalue weighted by Crippen LogP contribution is 2.50. The summed E-state index contributed by atoms with van der Waals surface area (Å²) < 4.78 is 0. The Kier molecular flexibility index (Phi) is 3.22. The van der Waals surface area contributed by atoms with Gasteiger partial charge in [0.15, 0.2) is 0 Å². The molecule has 0 fully saturated rings. The predicted octanol–water partition coefficient (Wildman–Crippen LogP) is 4.63. The van der Waals surface area contributed by atoms with Crippen LogP contribution in [0.5, 0.6) is 0 Å². The van der Waals surface area contributed by atoms with E-state index in [2.05, 4.69) is 40.7 Å². The molecule has 0 amide bonds. The van der Waals surface area contributed by atoms with Gasteiger partial charge in [-0.1, -0.05) is 32.4 Å². The molecule has 2 rings (SSSR count). The summed E-state index contributed by atoms with van der Waals surface area (Å²) in [6.45, 7) is 12.8. The summed E-state index contributed by atoms with van der Waals surface area (Å²) in [5, 5.41) is 0. The van der Waals surface area contributed by atoms with E-state index in [0.29, 0.717) is 16.7 Å². The lowest BCUT2D eigenvalue weighted by Crippen LogP contribution is -2.40. The Labute approximate surface area is 106 Å². The zero-order valence-corrected chi connectivity index (χ0v) is 12.1. The number of hydrogen-bond acceptors (Lipinski definition) is 1. The normalized spacial score (nSPS) is 37.4. The number of aliphatic imine (C=N–C) groups is 1. The second kappa shape index (κ2) is 4.26. The SMILES string of the molecule is CC1=C[C@@H](C)[C@@]2(CC1)CC(C)(C)CCN=C2C. The van der Waals surface area contributed by atoms with Gasteiger partial charge in [-0.3, -0.25) is 4.99 Å². The highest BCUT2D eigenvalue weighted by atomic mass is 14.8. The van der Waals surface area contributed by atoms with Gasteiger partial charge in [-0.15, -0.1) is 0 Å². The molecule has 1 heterocycles. The fraction of sp³-hybridized carbons (Fsp3) is 0.812. The maximum Gasteiger partial charge on any atom is 0.0393 e. The van der Waals surface area contributed by atoms with Crippen LogP contribution in [0.2, 0.25) is 0 Å². The largest absolute Gasteiger partial charge is 0.294 e. The Morgan fingerprint density at radius 1 is 1.24 bits per heavy atom. The molecule has 0 saturated heterocycles. The first-order valence-electron chi connectivity index (χ1n) is 7.05. The molecule has 1 heteroatoms. The van der Waals surface area contributed by atoms with Crippen LogP contribution in [0.4, 0.5) is 0 Å². The molecule has 96 valence electrons. The van der Waals surface area contributed by atoms with Crippen LogP contribution in [0.1, 0.15) is 60.3 Å². The first-order valence-corrected chi connectivity index (χ1v) is 7.05. The molecule has 0 bridgehead atoms. The van der Waals surface area contributed by atoms with Gasteiger partial charge in [0.1, 0.15) is 0 Å². The van der Waals surface area contributed by atoms with Gasteiger partial charge < -0.3 is 0 Å². The van der Waals surface area contributed by atoms with E-state index in [-0.39, 0.29) is 0 Å². The molecular formula is C16H27N. The van der Waals surface area contributed by atoms with Crippen LogP contribution < -0.4 is 0 Å². The summed E-state index contributed by atoms with van der Waals surface area (Å²) in [6, 6.07) is 0. The summed E-state index contributed by atoms with van der Waals surface area (Å²) in [6.07, 6.45) is 7.59. The second-order valence-electron chi connectivity index (χ2n) is 7.02. The van der Waals surface area contributed by atoms with Gasteiger partial charge in [-0.25, -0.2) is 0 Å². The van der Waals surface area contributed by atoms with Crippen LogP contribution in [0.15, 0.2) is 16.6 Å². The van der Waals surface area contributed by atoms with Gasteiger partial charge >= 0.3 is 0 Å². The van der Waals surface area contributed by atoms with E-state index in [0.717, 1.165) is 6.54 Å². The predicted molar refractivity (Wildman–Crippen MR) is 75.6 cm³/mol. The first kappa shape index (κ1) is 12.9. The molecule has 0 saturated carbocycles. The van der Waals surface area contributed by atoms with Crippen molar-refractivity contribution >= 4 is 5.71 Å². The lowest BCUT2D eigenvalue weighted by Gasteiger charge is -2.44. The molecular weight excluding hydrogens is 206 g/mol. The van der Waals surface area contributed by atoms with Crippen molar-refractivity contribution in [2.75, 3.05) is 6.54 Å². The van der Waals surface area contributed by atoms with Gasteiger partial charge in [0.2, 0.25) is 0 Å². The monoisotopic (exact) mass is 233 g/mol. The molecule has 1 aliphatic carbocycles. The third-order valence-electron chi connectivity index (χ3n) is 5.02. The van der Waals surface area contributed by atoms with Crippen LogP contribution in [0.25, 0.3) is 0 Å². The molecule has 1 nitrogen and oxygen atoms in total. The molecule has 0 aromatic rings. The highest BCUT2D eigenvalue weighted by molar-refractivity contribution is 5.89. The van der Waals surface area contributed by atoms with E-state index < -0.39 is 0 Å². The number of allylic oxidation sites excluding steroid dienone is 2. The molecule has 0 radical (unpaired) electrons. The zero-order valence-electron chi connectivity index (χ0n) is 12.1. The zero-order chi connectivity index (χ0) is 12.7. The molecule has 0 aromatic heterocycles. The minimum Gasteiger partial charge on any atom is -0.294 e. The quantitative estimate of drug-likeness (QED) is 0.541. The van der Waals surface area contributed by atoms with Gasteiger partial charge in [0.25, 0.3) is 0 Å². The van der Waals surface area contributed by atoms with Crippen LogP contribution in [0.3, 0.4) is 0 Å².